The fourth-order valence-corrected chi connectivity index (χ4v) is 2.44. The van der Waals surface area contributed by atoms with Gasteiger partial charge in [-0.15, -0.1) is 6.58 Å². The van der Waals surface area contributed by atoms with Crippen LogP contribution in [0.15, 0.2) is 35.7 Å². The van der Waals surface area contributed by atoms with Crippen molar-refractivity contribution in [3.05, 3.63) is 41.7 Å². The Bertz CT molecular complexity index is 488. The Morgan fingerprint density at radius 2 is 2.19 bits per heavy atom. The summed E-state index contributed by atoms with van der Waals surface area (Å²) in [4.78, 5) is -0.441. The molecule has 0 aliphatic carbocycles. The largest absolute Gasteiger partial charge is 0.243 e. The molecule has 0 saturated carbocycles. The predicted octanol–water partition coefficient (Wildman–Crippen LogP) is 2.33. The number of benzene rings is 1. The summed E-state index contributed by atoms with van der Waals surface area (Å²) in [6.45, 7) is 3.63. The highest BCUT2D eigenvalue weighted by atomic mass is 35.5. The highest BCUT2D eigenvalue weighted by Crippen LogP contribution is 2.21. The summed E-state index contributed by atoms with van der Waals surface area (Å²) < 4.78 is 39.0. The van der Waals surface area contributed by atoms with Crippen molar-refractivity contribution in [2.45, 2.75) is 11.3 Å². The van der Waals surface area contributed by atoms with Crippen LogP contribution in [0.5, 0.6) is 0 Å². The summed E-state index contributed by atoms with van der Waals surface area (Å²) in [5.74, 6) is -0.935. The molecule has 0 spiro atoms. The normalized spacial score (nSPS) is 11.4. The summed E-state index contributed by atoms with van der Waals surface area (Å²) >= 11 is 5.50. The lowest BCUT2D eigenvalue weighted by atomic mass is 10.3. The number of sulfonamides is 1. The van der Waals surface area contributed by atoms with E-state index in [2.05, 4.69) is 11.3 Å². The monoisotopic (exact) mass is 263 g/mol. The van der Waals surface area contributed by atoms with Gasteiger partial charge in [-0.2, -0.15) is 0 Å². The van der Waals surface area contributed by atoms with E-state index in [1.165, 1.54) is 12.1 Å². The number of halogens is 2. The van der Waals surface area contributed by atoms with Crippen LogP contribution in [0.1, 0.15) is 6.42 Å². The maximum Gasteiger partial charge on any atom is 0.243 e. The minimum atomic E-state index is -3.84. The van der Waals surface area contributed by atoms with Crippen molar-refractivity contribution >= 4 is 21.6 Å². The van der Waals surface area contributed by atoms with E-state index in [9.17, 15) is 12.8 Å². The van der Waals surface area contributed by atoms with Crippen molar-refractivity contribution in [2.24, 2.45) is 0 Å². The molecular formula is C10H11ClFNO2S. The second-order valence-electron chi connectivity index (χ2n) is 3.03. The number of hydrogen-bond acceptors (Lipinski definition) is 2. The molecule has 0 aliphatic heterocycles. The Morgan fingerprint density at radius 3 is 2.81 bits per heavy atom. The minimum absolute atomic E-state index is 0.178. The molecule has 1 rings (SSSR count). The Hall–Kier alpha value is -0.910. The molecule has 1 aromatic rings. The fourth-order valence-electron chi connectivity index (χ4n) is 1.06. The zero-order chi connectivity index (χ0) is 12.2. The number of rotatable bonds is 5. The molecule has 88 valence electrons. The molecule has 0 aliphatic rings. The standard InChI is InChI=1S/C10H11ClFNO2S/c1-2-3-7-13-16(14,15)9-6-4-5-8(11)10(9)12/h2,4-6,13H,1,3,7H2. The smallest absolute Gasteiger partial charge is 0.211 e. The molecular weight excluding hydrogens is 253 g/mol. The van der Waals surface area contributed by atoms with Crippen LogP contribution in [0, 0.1) is 5.82 Å². The first kappa shape index (κ1) is 13.2. The average molecular weight is 264 g/mol. The lowest BCUT2D eigenvalue weighted by molar-refractivity contribution is 0.557. The highest BCUT2D eigenvalue weighted by Gasteiger charge is 2.19. The molecule has 1 aromatic carbocycles. The van der Waals surface area contributed by atoms with Crippen molar-refractivity contribution in [2.75, 3.05) is 6.54 Å². The molecule has 0 fully saturated rings. The number of nitrogens with one attached hydrogen (secondary N) is 1. The summed E-state index contributed by atoms with van der Waals surface area (Å²) in [6, 6.07) is 3.84. The lowest BCUT2D eigenvalue weighted by Crippen LogP contribution is -2.25. The van der Waals surface area contributed by atoms with E-state index in [1.54, 1.807) is 6.08 Å². The van der Waals surface area contributed by atoms with E-state index < -0.39 is 20.7 Å². The van der Waals surface area contributed by atoms with E-state index >= 15 is 0 Å². The Balaban J connectivity index is 2.98. The topological polar surface area (TPSA) is 46.2 Å². The molecule has 0 heterocycles. The van der Waals surface area contributed by atoms with Crippen LogP contribution < -0.4 is 4.72 Å². The molecule has 0 radical (unpaired) electrons. The van der Waals surface area contributed by atoms with E-state index in [1.807, 2.05) is 0 Å². The Kier molecular flexibility index (Phi) is 4.46. The van der Waals surface area contributed by atoms with Crippen molar-refractivity contribution < 1.29 is 12.8 Å². The molecule has 0 unspecified atom stereocenters. The predicted molar refractivity (Wildman–Crippen MR) is 61.4 cm³/mol. The summed E-state index contributed by atoms with van der Waals surface area (Å²) in [5.41, 5.74) is 0. The highest BCUT2D eigenvalue weighted by molar-refractivity contribution is 7.89. The van der Waals surface area contributed by atoms with Gasteiger partial charge in [-0.05, 0) is 18.6 Å². The summed E-state index contributed by atoms with van der Waals surface area (Å²) in [6.07, 6.45) is 2.04. The van der Waals surface area contributed by atoms with Gasteiger partial charge in [0.15, 0.2) is 5.82 Å². The van der Waals surface area contributed by atoms with E-state index in [0.29, 0.717) is 6.42 Å². The van der Waals surface area contributed by atoms with Crippen LogP contribution in [0.4, 0.5) is 4.39 Å². The van der Waals surface area contributed by atoms with E-state index in [0.717, 1.165) is 6.07 Å². The molecule has 0 amide bonds. The maximum atomic E-state index is 13.4. The zero-order valence-corrected chi connectivity index (χ0v) is 9.98. The second kappa shape index (κ2) is 5.43. The van der Waals surface area contributed by atoms with E-state index in [-0.39, 0.29) is 11.6 Å². The third kappa shape index (κ3) is 3.04. The van der Waals surface area contributed by atoms with Crippen LogP contribution in [-0.4, -0.2) is 15.0 Å². The average Bonchev–Trinajstić information content (AvgIpc) is 2.22. The zero-order valence-electron chi connectivity index (χ0n) is 8.41. The minimum Gasteiger partial charge on any atom is -0.211 e. The third-order valence-corrected chi connectivity index (χ3v) is 3.62. The van der Waals surface area contributed by atoms with Gasteiger partial charge in [0, 0.05) is 6.54 Å². The van der Waals surface area contributed by atoms with Gasteiger partial charge in [0.1, 0.15) is 4.90 Å². The maximum absolute atomic E-state index is 13.4. The van der Waals surface area contributed by atoms with Crippen LogP contribution in [0.2, 0.25) is 5.02 Å². The van der Waals surface area contributed by atoms with Gasteiger partial charge in [-0.3, -0.25) is 0 Å². The van der Waals surface area contributed by atoms with Crippen molar-refractivity contribution in [1.82, 2.24) is 4.72 Å². The van der Waals surface area contributed by atoms with Crippen LogP contribution in [0.25, 0.3) is 0 Å². The van der Waals surface area contributed by atoms with Gasteiger partial charge >= 0.3 is 0 Å². The van der Waals surface area contributed by atoms with Gasteiger partial charge in [0.05, 0.1) is 5.02 Å². The first-order valence-corrected chi connectivity index (χ1v) is 6.39. The molecule has 1 N–H and O–H groups in total. The van der Waals surface area contributed by atoms with Gasteiger partial charge in [-0.25, -0.2) is 17.5 Å². The van der Waals surface area contributed by atoms with Gasteiger partial charge < -0.3 is 0 Å². The molecule has 0 aromatic heterocycles. The fraction of sp³-hybridized carbons (Fsp3) is 0.200. The summed E-state index contributed by atoms with van der Waals surface area (Å²) in [7, 11) is -3.84. The van der Waals surface area contributed by atoms with Crippen molar-refractivity contribution in [3.63, 3.8) is 0 Å². The Morgan fingerprint density at radius 1 is 1.50 bits per heavy atom. The first-order valence-electron chi connectivity index (χ1n) is 4.53. The second-order valence-corrected chi connectivity index (χ2v) is 5.17. The van der Waals surface area contributed by atoms with Crippen LogP contribution in [0.3, 0.4) is 0 Å². The Labute approximate surface area is 99.0 Å². The molecule has 3 nitrogen and oxygen atoms in total. The first-order chi connectivity index (χ1) is 7.49. The van der Waals surface area contributed by atoms with Gasteiger partial charge in [0.25, 0.3) is 0 Å². The quantitative estimate of drug-likeness (QED) is 0.655. The molecule has 6 heteroatoms. The van der Waals surface area contributed by atoms with Crippen molar-refractivity contribution in [3.8, 4) is 0 Å². The molecule has 0 bridgehead atoms. The third-order valence-electron chi connectivity index (χ3n) is 1.85. The van der Waals surface area contributed by atoms with Crippen LogP contribution in [-0.2, 0) is 10.0 Å². The molecule has 16 heavy (non-hydrogen) atoms. The SMILES string of the molecule is C=CCCNS(=O)(=O)c1cccc(Cl)c1F. The molecule has 0 atom stereocenters. The lowest BCUT2D eigenvalue weighted by Gasteiger charge is -2.07. The molecule has 0 saturated heterocycles. The van der Waals surface area contributed by atoms with E-state index in [4.69, 9.17) is 11.6 Å². The van der Waals surface area contributed by atoms with Crippen molar-refractivity contribution in [1.29, 1.82) is 0 Å². The number of hydrogen-bond donors (Lipinski definition) is 1. The van der Waals surface area contributed by atoms with Gasteiger partial charge in [0.2, 0.25) is 10.0 Å². The van der Waals surface area contributed by atoms with Gasteiger partial charge in [-0.1, -0.05) is 23.7 Å². The summed E-state index contributed by atoms with van der Waals surface area (Å²) in [5, 5.41) is -0.216. The van der Waals surface area contributed by atoms with Crippen LogP contribution >= 0.6 is 11.6 Å².